The lowest BCUT2D eigenvalue weighted by atomic mass is 10.3. The fraction of sp³-hybridized carbons (Fsp3) is 0.600. The fourth-order valence-electron chi connectivity index (χ4n) is 1.37. The molecule has 0 aliphatic heterocycles. The minimum atomic E-state index is -0.176. The third-order valence-electron chi connectivity index (χ3n) is 2.22. The van der Waals surface area contributed by atoms with Gasteiger partial charge in [-0.2, -0.15) is 5.10 Å². The quantitative estimate of drug-likeness (QED) is 0.709. The van der Waals surface area contributed by atoms with E-state index in [2.05, 4.69) is 15.4 Å². The van der Waals surface area contributed by atoms with E-state index in [0.717, 1.165) is 6.42 Å². The minimum absolute atomic E-state index is 0.0812. The molecule has 1 aromatic rings. The van der Waals surface area contributed by atoms with E-state index in [1.54, 1.807) is 7.05 Å². The Kier molecular flexibility index (Phi) is 5.12. The summed E-state index contributed by atoms with van der Waals surface area (Å²) in [6.45, 7) is 2.70. The Labute approximate surface area is 99.8 Å². The molecule has 0 saturated heterocycles. The predicted molar refractivity (Wildman–Crippen MR) is 61.0 cm³/mol. The molecule has 1 aromatic heterocycles. The highest BCUT2D eigenvalue weighted by Crippen LogP contribution is 1.95. The van der Waals surface area contributed by atoms with Gasteiger partial charge >= 0.3 is 0 Å². The summed E-state index contributed by atoms with van der Waals surface area (Å²) in [5.41, 5.74) is 0. The molecule has 0 aromatic carbocycles. The monoisotopic (exact) mass is 239 g/mol. The zero-order valence-corrected chi connectivity index (χ0v) is 10.1. The van der Waals surface area contributed by atoms with Gasteiger partial charge in [0.1, 0.15) is 19.2 Å². The van der Waals surface area contributed by atoms with E-state index in [-0.39, 0.29) is 24.9 Å². The van der Waals surface area contributed by atoms with Gasteiger partial charge in [0.2, 0.25) is 11.8 Å². The van der Waals surface area contributed by atoms with Crippen molar-refractivity contribution < 1.29 is 9.59 Å². The average molecular weight is 239 g/mol. The number of nitrogens with zero attached hydrogens (tertiary/aromatic N) is 4. The molecule has 0 fully saturated rings. The topological polar surface area (TPSA) is 80.1 Å². The highest BCUT2D eigenvalue weighted by atomic mass is 16.2. The molecule has 2 amide bonds. The molecule has 0 radical (unpaired) electrons. The van der Waals surface area contributed by atoms with E-state index in [1.807, 2.05) is 6.92 Å². The molecule has 0 atom stereocenters. The number of carbonyl (C=O) groups excluding carboxylic acids is 2. The molecule has 0 aliphatic rings. The van der Waals surface area contributed by atoms with Crippen molar-refractivity contribution in [3.8, 4) is 0 Å². The van der Waals surface area contributed by atoms with Crippen molar-refractivity contribution >= 4 is 11.8 Å². The molecule has 0 bridgehead atoms. The van der Waals surface area contributed by atoms with Crippen LogP contribution < -0.4 is 5.32 Å². The molecule has 17 heavy (non-hydrogen) atoms. The summed E-state index contributed by atoms with van der Waals surface area (Å²) in [7, 11) is 1.55. The first-order valence-electron chi connectivity index (χ1n) is 5.48. The standard InChI is InChI=1S/C10H17N5O2/c1-3-4-14(5-9(16)11-2)10(17)6-15-8-12-7-13-15/h7-8H,3-6H2,1-2H3,(H,11,16). The van der Waals surface area contributed by atoms with Crippen LogP contribution in [0.25, 0.3) is 0 Å². The van der Waals surface area contributed by atoms with E-state index >= 15 is 0 Å². The number of hydrogen-bond acceptors (Lipinski definition) is 4. The number of likely N-dealkylation sites (N-methyl/N-ethyl adjacent to an activating group) is 1. The second-order valence-corrected chi connectivity index (χ2v) is 3.58. The van der Waals surface area contributed by atoms with Crippen LogP contribution in [0.5, 0.6) is 0 Å². The number of carbonyl (C=O) groups is 2. The zero-order valence-electron chi connectivity index (χ0n) is 10.1. The predicted octanol–water partition coefficient (Wildman–Crippen LogP) is -0.737. The van der Waals surface area contributed by atoms with Gasteiger partial charge in [-0.15, -0.1) is 0 Å². The third-order valence-corrected chi connectivity index (χ3v) is 2.22. The van der Waals surface area contributed by atoms with Crippen LogP contribution >= 0.6 is 0 Å². The Morgan fingerprint density at radius 3 is 2.76 bits per heavy atom. The van der Waals surface area contributed by atoms with Crippen LogP contribution in [0.3, 0.4) is 0 Å². The molecule has 0 spiro atoms. The first-order valence-corrected chi connectivity index (χ1v) is 5.48. The van der Waals surface area contributed by atoms with E-state index in [0.29, 0.717) is 6.54 Å². The first kappa shape index (κ1) is 13.1. The Balaban J connectivity index is 2.56. The Hall–Kier alpha value is -1.92. The van der Waals surface area contributed by atoms with Crippen LogP contribution in [0.15, 0.2) is 12.7 Å². The lowest BCUT2D eigenvalue weighted by molar-refractivity contribution is -0.136. The summed E-state index contributed by atoms with van der Waals surface area (Å²) >= 11 is 0. The van der Waals surface area contributed by atoms with E-state index < -0.39 is 0 Å². The van der Waals surface area contributed by atoms with Crippen molar-refractivity contribution in [3.05, 3.63) is 12.7 Å². The lowest BCUT2D eigenvalue weighted by Crippen LogP contribution is -2.41. The van der Waals surface area contributed by atoms with E-state index in [4.69, 9.17) is 0 Å². The molecule has 1 rings (SSSR count). The van der Waals surface area contributed by atoms with Gasteiger partial charge in [-0.25, -0.2) is 9.67 Å². The van der Waals surface area contributed by atoms with E-state index in [1.165, 1.54) is 22.2 Å². The summed E-state index contributed by atoms with van der Waals surface area (Å²) in [6, 6.07) is 0. The second-order valence-electron chi connectivity index (χ2n) is 3.58. The fourth-order valence-corrected chi connectivity index (χ4v) is 1.37. The van der Waals surface area contributed by atoms with Crippen LogP contribution in [0.1, 0.15) is 13.3 Å². The van der Waals surface area contributed by atoms with Gasteiger partial charge in [0, 0.05) is 13.6 Å². The van der Waals surface area contributed by atoms with Crippen molar-refractivity contribution in [2.24, 2.45) is 0 Å². The van der Waals surface area contributed by atoms with Gasteiger partial charge < -0.3 is 10.2 Å². The van der Waals surface area contributed by atoms with Gasteiger partial charge in [-0.05, 0) is 6.42 Å². The summed E-state index contributed by atoms with van der Waals surface area (Å²) in [4.78, 5) is 28.4. The Morgan fingerprint density at radius 2 is 2.24 bits per heavy atom. The van der Waals surface area contributed by atoms with Crippen molar-refractivity contribution in [1.29, 1.82) is 0 Å². The van der Waals surface area contributed by atoms with Gasteiger partial charge in [-0.3, -0.25) is 9.59 Å². The van der Waals surface area contributed by atoms with Crippen LogP contribution in [-0.2, 0) is 16.1 Å². The smallest absolute Gasteiger partial charge is 0.244 e. The van der Waals surface area contributed by atoms with Crippen LogP contribution in [-0.4, -0.2) is 51.6 Å². The SMILES string of the molecule is CCCN(CC(=O)NC)C(=O)Cn1cncn1. The summed E-state index contributed by atoms with van der Waals surface area (Å²) < 4.78 is 1.44. The zero-order chi connectivity index (χ0) is 12.7. The first-order chi connectivity index (χ1) is 8.17. The Bertz CT molecular complexity index is 363. The normalized spacial score (nSPS) is 10.0. The summed E-state index contributed by atoms with van der Waals surface area (Å²) in [5, 5.41) is 6.36. The number of aromatic nitrogens is 3. The average Bonchev–Trinajstić information content (AvgIpc) is 2.81. The largest absolute Gasteiger partial charge is 0.358 e. The molecular weight excluding hydrogens is 222 g/mol. The molecule has 1 heterocycles. The summed E-state index contributed by atoms with van der Waals surface area (Å²) in [5.74, 6) is -0.314. The van der Waals surface area contributed by atoms with Crippen molar-refractivity contribution in [1.82, 2.24) is 25.0 Å². The van der Waals surface area contributed by atoms with E-state index in [9.17, 15) is 9.59 Å². The summed E-state index contributed by atoms with van der Waals surface area (Å²) in [6.07, 6.45) is 3.65. The van der Waals surface area contributed by atoms with Crippen LogP contribution in [0.4, 0.5) is 0 Å². The van der Waals surface area contributed by atoms with Crippen LogP contribution in [0, 0.1) is 0 Å². The van der Waals surface area contributed by atoms with Gasteiger partial charge in [0.25, 0.3) is 0 Å². The number of nitrogens with one attached hydrogen (secondary N) is 1. The maximum Gasteiger partial charge on any atom is 0.244 e. The van der Waals surface area contributed by atoms with Crippen LogP contribution in [0.2, 0.25) is 0 Å². The second kappa shape index (κ2) is 6.62. The third kappa shape index (κ3) is 4.21. The van der Waals surface area contributed by atoms with Gasteiger partial charge in [-0.1, -0.05) is 6.92 Å². The molecule has 0 aliphatic carbocycles. The minimum Gasteiger partial charge on any atom is -0.358 e. The molecule has 0 saturated carbocycles. The molecule has 1 N–H and O–H groups in total. The van der Waals surface area contributed by atoms with Crippen molar-refractivity contribution in [3.63, 3.8) is 0 Å². The van der Waals surface area contributed by atoms with Crippen molar-refractivity contribution in [2.75, 3.05) is 20.1 Å². The molecule has 94 valence electrons. The molecule has 7 nitrogen and oxygen atoms in total. The highest BCUT2D eigenvalue weighted by Gasteiger charge is 2.16. The molecule has 7 heteroatoms. The number of rotatable bonds is 6. The maximum absolute atomic E-state index is 11.9. The Morgan fingerprint density at radius 1 is 1.47 bits per heavy atom. The number of amides is 2. The maximum atomic E-state index is 11.9. The highest BCUT2D eigenvalue weighted by molar-refractivity contribution is 5.84. The molecular formula is C10H17N5O2. The van der Waals surface area contributed by atoms with Gasteiger partial charge in [0.05, 0.1) is 6.54 Å². The van der Waals surface area contributed by atoms with Crippen molar-refractivity contribution in [2.45, 2.75) is 19.9 Å². The molecule has 0 unspecified atom stereocenters. The van der Waals surface area contributed by atoms with Gasteiger partial charge in [0.15, 0.2) is 0 Å². The number of hydrogen-bond donors (Lipinski definition) is 1. The lowest BCUT2D eigenvalue weighted by Gasteiger charge is -2.20.